The number of nitrogens with zero attached hydrogens (tertiary/aromatic N) is 2. The van der Waals surface area contributed by atoms with Crippen LogP contribution in [0.2, 0.25) is 5.02 Å². The summed E-state index contributed by atoms with van der Waals surface area (Å²) in [6.07, 6.45) is 5.11. The number of nitrogens with one attached hydrogen (secondary N) is 1. The molecule has 1 aliphatic carbocycles. The van der Waals surface area contributed by atoms with Crippen LogP contribution in [-0.4, -0.2) is 16.2 Å². The van der Waals surface area contributed by atoms with E-state index in [1.165, 1.54) is 35.0 Å². The van der Waals surface area contributed by atoms with Crippen LogP contribution in [0.25, 0.3) is 10.9 Å². The second kappa shape index (κ2) is 8.19. The lowest BCUT2D eigenvalue weighted by Gasteiger charge is -2.15. The van der Waals surface area contributed by atoms with Crippen LogP contribution in [0.4, 0.5) is 0 Å². The van der Waals surface area contributed by atoms with Gasteiger partial charge in [-0.3, -0.25) is 4.79 Å². The number of hydrogen-bond donors (Lipinski definition) is 1. The van der Waals surface area contributed by atoms with Gasteiger partial charge >= 0.3 is 0 Å². The van der Waals surface area contributed by atoms with Crippen LogP contribution in [0.3, 0.4) is 0 Å². The maximum absolute atomic E-state index is 12.4. The zero-order chi connectivity index (χ0) is 19.5. The maximum atomic E-state index is 12.4. The molecule has 4 rings (SSSR count). The molecule has 0 bridgehead atoms. The summed E-state index contributed by atoms with van der Waals surface area (Å²) < 4.78 is 2.33. The number of hydrazone groups is 1. The third-order valence-electron chi connectivity index (χ3n) is 5.46. The van der Waals surface area contributed by atoms with Gasteiger partial charge in [0.2, 0.25) is 5.91 Å². The molecule has 0 saturated carbocycles. The molecule has 0 atom stereocenters. The lowest BCUT2D eigenvalue weighted by atomic mass is 9.95. The molecule has 0 radical (unpaired) electrons. The Balaban J connectivity index is 1.45. The van der Waals surface area contributed by atoms with Crippen molar-refractivity contribution in [2.75, 3.05) is 0 Å². The lowest BCUT2D eigenvalue weighted by molar-refractivity contribution is -0.121. The highest BCUT2D eigenvalue weighted by Gasteiger charge is 2.19. The highest BCUT2D eigenvalue weighted by molar-refractivity contribution is 6.30. The number of halogens is 1. The van der Waals surface area contributed by atoms with E-state index in [1.807, 2.05) is 31.2 Å². The van der Waals surface area contributed by atoms with Gasteiger partial charge < -0.3 is 4.57 Å². The summed E-state index contributed by atoms with van der Waals surface area (Å²) in [6.45, 7) is 2.55. The summed E-state index contributed by atoms with van der Waals surface area (Å²) in [5.41, 5.74) is 8.50. The number of carbonyl (C=O) groups excluding carboxylic acids is 1. The first-order valence-electron chi connectivity index (χ1n) is 9.81. The molecular formula is C23H24ClN3O. The van der Waals surface area contributed by atoms with Crippen molar-refractivity contribution in [1.82, 2.24) is 9.99 Å². The molecule has 144 valence electrons. The average molecular weight is 394 g/mol. The van der Waals surface area contributed by atoms with E-state index in [-0.39, 0.29) is 5.91 Å². The lowest BCUT2D eigenvalue weighted by Crippen LogP contribution is -2.21. The largest absolute Gasteiger partial charge is 0.344 e. The van der Waals surface area contributed by atoms with Crippen LogP contribution in [-0.2, 0) is 24.2 Å². The third kappa shape index (κ3) is 3.83. The number of amides is 1. The molecule has 0 fully saturated rings. The van der Waals surface area contributed by atoms with Crippen molar-refractivity contribution in [3.05, 3.63) is 70.4 Å². The molecule has 1 amide bonds. The Kier molecular flexibility index (Phi) is 5.49. The molecule has 0 saturated heterocycles. The van der Waals surface area contributed by atoms with Gasteiger partial charge in [0.25, 0.3) is 0 Å². The topological polar surface area (TPSA) is 46.4 Å². The van der Waals surface area contributed by atoms with E-state index < -0.39 is 0 Å². The van der Waals surface area contributed by atoms with Crippen molar-refractivity contribution in [1.29, 1.82) is 0 Å². The first kappa shape index (κ1) is 18.8. The fourth-order valence-corrected chi connectivity index (χ4v) is 4.14. The molecule has 0 spiro atoms. The van der Waals surface area contributed by atoms with Crippen LogP contribution in [0, 0.1) is 0 Å². The van der Waals surface area contributed by atoms with E-state index in [0.29, 0.717) is 18.0 Å². The quantitative estimate of drug-likeness (QED) is 0.475. The number of benzene rings is 2. The Morgan fingerprint density at radius 2 is 1.86 bits per heavy atom. The van der Waals surface area contributed by atoms with Crippen LogP contribution in [0.15, 0.2) is 53.6 Å². The highest BCUT2D eigenvalue weighted by Crippen LogP contribution is 2.32. The predicted octanol–water partition coefficient (Wildman–Crippen LogP) is 5.10. The van der Waals surface area contributed by atoms with E-state index >= 15 is 0 Å². The minimum Gasteiger partial charge on any atom is -0.344 e. The molecule has 1 aromatic heterocycles. The summed E-state index contributed by atoms with van der Waals surface area (Å²) in [5, 5.41) is 6.26. The Morgan fingerprint density at radius 1 is 1.11 bits per heavy atom. The Labute approximate surface area is 170 Å². The molecule has 4 nitrogen and oxygen atoms in total. The summed E-state index contributed by atoms with van der Waals surface area (Å²) in [5.74, 6) is -0.0735. The molecule has 3 aromatic rings. The predicted molar refractivity (Wildman–Crippen MR) is 115 cm³/mol. The Bertz CT molecular complexity index is 1030. The van der Waals surface area contributed by atoms with Crippen molar-refractivity contribution in [3.63, 3.8) is 0 Å². The van der Waals surface area contributed by atoms with E-state index in [0.717, 1.165) is 24.1 Å². The molecule has 28 heavy (non-hydrogen) atoms. The highest BCUT2D eigenvalue weighted by atomic mass is 35.5. The number of rotatable bonds is 5. The molecule has 2 aromatic carbocycles. The maximum Gasteiger partial charge on any atom is 0.241 e. The smallest absolute Gasteiger partial charge is 0.241 e. The molecule has 1 aliphatic rings. The van der Waals surface area contributed by atoms with Gasteiger partial charge in [-0.05, 0) is 61.9 Å². The number of aromatic nitrogens is 1. The summed E-state index contributed by atoms with van der Waals surface area (Å²) >= 11 is 5.91. The van der Waals surface area contributed by atoms with Gasteiger partial charge in [-0.25, -0.2) is 5.43 Å². The summed E-state index contributed by atoms with van der Waals surface area (Å²) in [4.78, 5) is 12.4. The van der Waals surface area contributed by atoms with E-state index in [4.69, 9.17) is 11.6 Å². The standard InChI is InChI=1S/C23H24ClN3O/c1-16(17-10-12-18(24)13-11-17)25-26-23(28)14-15-27-21-8-4-2-6-19(21)20-7-3-5-9-22(20)27/h2,4,6,8,10-13H,3,5,7,9,14-15H2,1H3,(H,26,28). The minimum absolute atomic E-state index is 0.0735. The normalized spacial score (nSPS) is 14.1. The molecule has 1 heterocycles. The van der Waals surface area contributed by atoms with E-state index in [9.17, 15) is 4.79 Å². The van der Waals surface area contributed by atoms with Crippen LogP contribution in [0.5, 0.6) is 0 Å². The third-order valence-corrected chi connectivity index (χ3v) is 5.71. The number of fused-ring (bicyclic) bond motifs is 3. The average Bonchev–Trinajstić information content (AvgIpc) is 3.05. The Morgan fingerprint density at radius 3 is 2.68 bits per heavy atom. The van der Waals surface area contributed by atoms with Gasteiger partial charge in [0.05, 0.1) is 5.71 Å². The van der Waals surface area contributed by atoms with Crippen molar-refractivity contribution in [2.24, 2.45) is 5.10 Å². The second-order valence-electron chi connectivity index (χ2n) is 7.29. The van der Waals surface area contributed by atoms with Crippen LogP contribution < -0.4 is 5.43 Å². The summed E-state index contributed by atoms with van der Waals surface area (Å²) in [7, 11) is 0. The van der Waals surface area contributed by atoms with Gasteiger partial charge in [0.15, 0.2) is 0 Å². The van der Waals surface area contributed by atoms with Crippen molar-refractivity contribution >= 4 is 34.1 Å². The van der Waals surface area contributed by atoms with Gasteiger partial charge in [-0.2, -0.15) is 5.10 Å². The molecule has 5 heteroatoms. The molecule has 0 unspecified atom stereocenters. The Hall–Kier alpha value is -2.59. The number of para-hydroxylation sites is 1. The minimum atomic E-state index is -0.0735. The van der Waals surface area contributed by atoms with Gasteiger partial charge in [-0.15, -0.1) is 0 Å². The molecule has 0 aliphatic heterocycles. The molecular weight excluding hydrogens is 370 g/mol. The first-order valence-corrected chi connectivity index (χ1v) is 10.2. The first-order chi connectivity index (χ1) is 13.6. The number of carbonyl (C=O) groups is 1. The van der Waals surface area contributed by atoms with Gasteiger partial charge in [-0.1, -0.05) is 41.9 Å². The van der Waals surface area contributed by atoms with Crippen molar-refractivity contribution in [3.8, 4) is 0 Å². The van der Waals surface area contributed by atoms with E-state index in [2.05, 4.69) is 39.4 Å². The summed E-state index contributed by atoms with van der Waals surface area (Å²) in [6, 6.07) is 16.0. The van der Waals surface area contributed by atoms with Gasteiger partial charge in [0.1, 0.15) is 0 Å². The second-order valence-corrected chi connectivity index (χ2v) is 7.73. The monoisotopic (exact) mass is 393 g/mol. The fourth-order valence-electron chi connectivity index (χ4n) is 4.01. The zero-order valence-corrected chi connectivity index (χ0v) is 16.8. The SMILES string of the molecule is CC(=NNC(=O)CCn1c2c(c3ccccc31)CCCC2)c1ccc(Cl)cc1. The van der Waals surface area contributed by atoms with Gasteiger partial charge in [0, 0.05) is 34.6 Å². The van der Waals surface area contributed by atoms with Crippen LogP contribution in [0.1, 0.15) is 43.0 Å². The van der Waals surface area contributed by atoms with Crippen LogP contribution >= 0.6 is 11.6 Å². The fraction of sp³-hybridized carbons (Fsp3) is 0.304. The molecule has 1 N–H and O–H groups in total. The zero-order valence-electron chi connectivity index (χ0n) is 16.0. The number of aryl methyl sites for hydroxylation is 2. The van der Waals surface area contributed by atoms with Crippen molar-refractivity contribution < 1.29 is 4.79 Å². The van der Waals surface area contributed by atoms with E-state index in [1.54, 1.807) is 0 Å². The van der Waals surface area contributed by atoms with Crippen molar-refractivity contribution in [2.45, 2.75) is 45.6 Å². The number of hydrogen-bond acceptors (Lipinski definition) is 2.